The third-order valence-electron chi connectivity index (χ3n) is 2.05. The van der Waals surface area contributed by atoms with Gasteiger partial charge >= 0.3 is 5.35 Å². The van der Waals surface area contributed by atoms with Gasteiger partial charge in [-0.2, -0.15) is 4.98 Å². The molecule has 2 aromatic rings. The monoisotopic (exact) mass is 208 g/mol. The second-order valence-corrected chi connectivity index (χ2v) is 3.39. The van der Waals surface area contributed by atoms with Crippen LogP contribution in [0, 0.1) is 6.92 Å². The highest BCUT2D eigenvalue weighted by Crippen LogP contribution is 2.12. The standard InChI is InChI=1S/C10H9ClN2O/c1-7-4-2-3-5-8(7)6-9-12-10(11)14-13-9/h2-5H,6H2,1H3. The highest BCUT2D eigenvalue weighted by molar-refractivity contribution is 6.27. The molecule has 0 aliphatic heterocycles. The minimum atomic E-state index is 0.0913. The summed E-state index contributed by atoms with van der Waals surface area (Å²) < 4.78 is 4.68. The molecule has 1 aromatic carbocycles. The Morgan fingerprint density at radius 2 is 2.14 bits per heavy atom. The van der Waals surface area contributed by atoms with Crippen LogP contribution in [0.4, 0.5) is 0 Å². The largest absolute Gasteiger partial charge is 0.321 e. The van der Waals surface area contributed by atoms with Gasteiger partial charge in [0, 0.05) is 6.42 Å². The van der Waals surface area contributed by atoms with Crippen LogP contribution in [-0.2, 0) is 6.42 Å². The average molecular weight is 209 g/mol. The molecule has 72 valence electrons. The van der Waals surface area contributed by atoms with Gasteiger partial charge in [0.2, 0.25) is 0 Å². The number of aryl methyl sites for hydroxylation is 1. The fourth-order valence-corrected chi connectivity index (χ4v) is 1.42. The molecule has 0 radical (unpaired) electrons. The van der Waals surface area contributed by atoms with E-state index in [9.17, 15) is 0 Å². The lowest BCUT2D eigenvalue weighted by molar-refractivity contribution is 0.413. The molecule has 0 saturated carbocycles. The molecule has 4 heteroatoms. The Labute approximate surface area is 86.7 Å². The molecule has 2 rings (SSSR count). The number of rotatable bonds is 2. The summed E-state index contributed by atoms with van der Waals surface area (Å²) in [5, 5.41) is 3.83. The van der Waals surface area contributed by atoms with Crippen molar-refractivity contribution >= 4 is 11.6 Å². The fraction of sp³-hybridized carbons (Fsp3) is 0.200. The van der Waals surface area contributed by atoms with Crippen LogP contribution in [0.25, 0.3) is 0 Å². The van der Waals surface area contributed by atoms with Crippen molar-refractivity contribution in [2.45, 2.75) is 13.3 Å². The van der Waals surface area contributed by atoms with E-state index in [2.05, 4.69) is 27.7 Å². The van der Waals surface area contributed by atoms with Gasteiger partial charge in [-0.15, -0.1) is 0 Å². The summed E-state index contributed by atoms with van der Waals surface area (Å²) in [6.07, 6.45) is 0.656. The van der Waals surface area contributed by atoms with Crippen molar-refractivity contribution in [3.63, 3.8) is 0 Å². The van der Waals surface area contributed by atoms with Gasteiger partial charge in [0.1, 0.15) is 0 Å². The molecule has 14 heavy (non-hydrogen) atoms. The molecule has 0 fully saturated rings. The SMILES string of the molecule is Cc1ccccc1Cc1noc(Cl)n1. The molecule has 3 nitrogen and oxygen atoms in total. The number of hydrogen-bond donors (Lipinski definition) is 0. The van der Waals surface area contributed by atoms with Crippen LogP contribution in [0.5, 0.6) is 0 Å². The Morgan fingerprint density at radius 1 is 1.36 bits per heavy atom. The van der Waals surface area contributed by atoms with E-state index in [1.54, 1.807) is 0 Å². The summed E-state index contributed by atoms with van der Waals surface area (Å²) in [5.41, 5.74) is 2.40. The molecule has 0 unspecified atom stereocenters. The lowest BCUT2D eigenvalue weighted by Crippen LogP contribution is -1.93. The minimum Gasteiger partial charge on any atom is -0.321 e. The predicted octanol–water partition coefficient (Wildman–Crippen LogP) is 2.62. The quantitative estimate of drug-likeness (QED) is 0.762. The van der Waals surface area contributed by atoms with Gasteiger partial charge in [-0.25, -0.2) is 0 Å². The second kappa shape index (κ2) is 3.80. The van der Waals surface area contributed by atoms with Crippen molar-refractivity contribution in [1.82, 2.24) is 10.1 Å². The van der Waals surface area contributed by atoms with Crippen LogP contribution < -0.4 is 0 Å². The van der Waals surface area contributed by atoms with Crippen molar-refractivity contribution in [2.24, 2.45) is 0 Å². The van der Waals surface area contributed by atoms with Gasteiger partial charge < -0.3 is 4.52 Å². The van der Waals surface area contributed by atoms with E-state index in [0.29, 0.717) is 12.2 Å². The number of hydrogen-bond acceptors (Lipinski definition) is 3. The summed E-state index contributed by atoms with van der Waals surface area (Å²) >= 11 is 5.53. The van der Waals surface area contributed by atoms with Gasteiger partial charge in [0.05, 0.1) is 0 Å². The summed E-state index contributed by atoms with van der Waals surface area (Å²) in [6, 6.07) is 8.09. The van der Waals surface area contributed by atoms with E-state index in [-0.39, 0.29) is 5.35 Å². The fourth-order valence-electron chi connectivity index (χ4n) is 1.28. The first-order valence-corrected chi connectivity index (χ1v) is 4.66. The zero-order valence-corrected chi connectivity index (χ0v) is 8.45. The minimum absolute atomic E-state index is 0.0913. The first kappa shape index (κ1) is 9.21. The molecule has 0 atom stereocenters. The molecule has 0 spiro atoms. The van der Waals surface area contributed by atoms with Crippen molar-refractivity contribution in [2.75, 3.05) is 0 Å². The Kier molecular flexibility index (Phi) is 2.50. The van der Waals surface area contributed by atoms with Gasteiger partial charge in [0.25, 0.3) is 0 Å². The Bertz CT molecular complexity index is 439. The maximum absolute atomic E-state index is 5.53. The molecular formula is C10H9ClN2O. The highest BCUT2D eigenvalue weighted by Gasteiger charge is 2.05. The average Bonchev–Trinajstić information content (AvgIpc) is 2.56. The Balaban J connectivity index is 2.23. The molecule has 0 amide bonds. The third kappa shape index (κ3) is 1.93. The number of halogens is 1. The van der Waals surface area contributed by atoms with Crippen molar-refractivity contribution in [1.29, 1.82) is 0 Å². The highest BCUT2D eigenvalue weighted by atomic mass is 35.5. The summed E-state index contributed by atoms with van der Waals surface area (Å²) in [7, 11) is 0. The topological polar surface area (TPSA) is 38.9 Å². The maximum Gasteiger partial charge on any atom is 0.320 e. The van der Waals surface area contributed by atoms with E-state index >= 15 is 0 Å². The summed E-state index contributed by atoms with van der Waals surface area (Å²) in [6.45, 7) is 2.05. The van der Waals surface area contributed by atoms with Crippen molar-refractivity contribution in [3.05, 3.63) is 46.6 Å². The van der Waals surface area contributed by atoms with Crippen LogP contribution >= 0.6 is 11.6 Å². The van der Waals surface area contributed by atoms with Crippen molar-refractivity contribution < 1.29 is 4.52 Å². The Morgan fingerprint density at radius 3 is 2.79 bits per heavy atom. The third-order valence-corrected chi connectivity index (χ3v) is 2.21. The van der Waals surface area contributed by atoms with Gasteiger partial charge in [-0.05, 0) is 29.7 Å². The van der Waals surface area contributed by atoms with E-state index in [0.717, 1.165) is 0 Å². The molecule has 1 heterocycles. The first-order valence-electron chi connectivity index (χ1n) is 4.28. The van der Waals surface area contributed by atoms with Crippen LogP contribution in [0.15, 0.2) is 28.8 Å². The maximum atomic E-state index is 5.53. The van der Waals surface area contributed by atoms with Gasteiger partial charge in [-0.3, -0.25) is 0 Å². The number of nitrogens with zero attached hydrogens (tertiary/aromatic N) is 2. The van der Waals surface area contributed by atoms with Crippen LogP contribution in [0.2, 0.25) is 5.35 Å². The molecule has 0 saturated heterocycles. The smallest absolute Gasteiger partial charge is 0.320 e. The zero-order valence-electron chi connectivity index (χ0n) is 7.70. The first-order chi connectivity index (χ1) is 6.75. The van der Waals surface area contributed by atoms with Crippen LogP contribution in [0.1, 0.15) is 17.0 Å². The van der Waals surface area contributed by atoms with Gasteiger partial charge in [0.15, 0.2) is 5.82 Å². The van der Waals surface area contributed by atoms with Crippen LogP contribution in [-0.4, -0.2) is 10.1 Å². The van der Waals surface area contributed by atoms with E-state index in [4.69, 9.17) is 11.6 Å². The van der Waals surface area contributed by atoms with E-state index < -0.39 is 0 Å². The second-order valence-electron chi connectivity index (χ2n) is 3.07. The lowest BCUT2D eigenvalue weighted by Gasteiger charge is -2.00. The number of benzene rings is 1. The molecule has 0 bridgehead atoms. The van der Waals surface area contributed by atoms with Gasteiger partial charge in [-0.1, -0.05) is 29.4 Å². The Hall–Kier alpha value is -1.35. The lowest BCUT2D eigenvalue weighted by atomic mass is 10.1. The number of aromatic nitrogens is 2. The molecule has 0 N–H and O–H groups in total. The van der Waals surface area contributed by atoms with E-state index in [1.165, 1.54) is 11.1 Å². The summed E-state index contributed by atoms with van der Waals surface area (Å²) in [5.74, 6) is 0.615. The van der Waals surface area contributed by atoms with E-state index in [1.807, 2.05) is 18.2 Å². The normalized spacial score (nSPS) is 10.4. The molecule has 0 aliphatic carbocycles. The van der Waals surface area contributed by atoms with Crippen LogP contribution in [0.3, 0.4) is 0 Å². The molecular weight excluding hydrogens is 200 g/mol. The zero-order chi connectivity index (χ0) is 9.97. The molecule has 1 aromatic heterocycles. The van der Waals surface area contributed by atoms with Crippen molar-refractivity contribution in [3.8, 4) is 0 Å². The predicted molar refractivity (Wildman–Crippen MR) is 53.3 cm³/mol. The summed E-state index contributed by atoms with van der Waals surface area (Å²) in [4.78, 5) is 3.93. The molecule has 0 aliphatic rings.